The highest BCUT2D eigenvalue weighted by molar-refractivity contribution is 6.36. The predicted molar refractivity (Wildman–Crippen MR) is 75.0 cm³/mol. The van der Waals surface area contributed by atoms with Crippen molar-refractivity contribution in [3.8, 4) is 0 Å². The zero-order chi connectivity index (χ0) is 13.8. The first-order valence-electron chi connectivity index (χ1n) is 5.44. The molecule has 2 aromatic rings. The number of anilines is 1. The quantitative estimate of drug-likeness (QED) is 0.903. The van der Waals surface area contributed by atoms with E-state index in [4.69, 9.17) is 28.3 Å². The minimum atomic E-state index is -1.05. The van der Waals surface area contributed by atoms with Gasteiger partial charge in [-0.15, -0.1) is 0 Å². The number of hydrogen-bond donors (Lipinski definition) is 2. The van der Waals surface area contributed by atoms with Gasteiger partial charge in [-0.1, -0.05) is 29.3 Å². The molecule has 0 bridgehead atoms. The SMILES string of the molecule is O=C(O)c1cccc(CNc2ccc(Cl)cc2Cl)n1. The highest BCUT2D eigenvalue weighted by atomic mass is 35.5. The van der Waals surface area contributed by atoms with Crippen LogP contribution in [0.5, 0.6) is 0 Å². The second kappa shape index (κ2) is 5.91. The van der Waals surface area contributed by atoms with E-state index in [1.54, 1.807) is 30.3 Å². The Morgan fingerprint density at radius 3 is 2.74 bits per heavy atom. The Balaban J connectivity index is 2.10. The topological polar surface area (TPSA) is 62.2 Å². The van der Waals surface area contributed by atoms with Crippen LogP contribution in [0.2, 0.25) is 10.0 Å². The minimum Gasteiger partial charge on any atom is -0.477 e. The van der Waals surface area contributed by atoms with Gasteiger partial charge in [0, 0.05) is 5.02 Å². The molecular weight excluding hydrogens is 287 g/mol. The summed E-state index contributed by atoms with van der Waals surface area (Å²) in [5.74, 6) is -1.05. The molecular formula is C13H10Cl2N2O2. The summed E-state index contributed by atoms with van der Waals surface area (Å²) < 4.78 is 0. The van der Waals surface area contributed by atoms with Crippen molar-refractivity contribution in [3.05, 3.63) is 57.8 Å². The lowest BCUT2D eigenvalue weighted by Crippen LogP contribution is -2.06. The molecule has 1 heterocycles. The Hall–Kier alpha value is -1.78. The van der Waals surface area contributed by atoms with Crippen molar-refractivity contribution < 1.29 is 9.90 Å². The van der Waals surface area contributed by atoms with Gasteiger partial charge in [-0.25, -0.2) is 9.78 Å². The average molecular weight is 297 g/mol. The fourth-order valence-corrected chi connectivity index (χ4v) is 1.99. The van der Waals surface area contributed by atoms with Crippen molar-refractivity contribution in [2.24, 2.45) is 0 Å². The third-order valence-electron chi connectivity index (χ3n) is 2.42. The van der Waals surface area contributed by atoms with Crippen LogP contribution in [0.3, 0.4) is 0 Å². The van der Waals surface area contributed by atoms with E-state index >= 15 is 0 Å². The highest BCUT2D eigenvalue weighted by Crippen LogP contribution is 2.25. The average Bonchev–Trinajstić information content (AvgIpc) is 2.38. The van der Waals surface area contributed by atoms with Crippen LogP contribution in [-0.2, 0) is 6.54 Å². The van der Waals surface area contributed by atoms with Crippen molar-refractivity contribution in [2.75, 3.05) is 5.32 Å². The van der Waals surface area contributed by atoms with Crippen molar-refractivity contribution in [1.29, 1.82) is 0 Å². The molecule has 0 aliphatic rings. The fourth-order valence-electron chi connectivity index (χ4n) is 1.52. The fraction of sp³-hybridized carbons (Fsp3) is 0.0769. The van der Waals surface area contributed by atoms with Crippen LogP contribution < -0.4 is 5.32 Å². The summed E-state index contributed by atoms with van der Waals surface area (Å²) in [6.45, 7) is 0.377. The minimum absolute atomic E-state index is 0.0153. The summed E-state index contributed by atoms with van der Waals surface area (Å²) in [6.07, 6.45) is 0. The van der Waals surface area contributed by atoms with Crippen molar-refractivity contribution in [2.45, 2.75) is 6.54 Å². The van der Waals surface area contributed by atoms with Gasteiger partial charge in [0.15, 0.2) is 0 Å². The summed E-state index contributed by atoms with van der Waals surface area (Å²) in [6, 6.07) is 9.94. The molecule has 1 aromatic carbocycles. The van der Waals surface area contributed by atoms with Crippen LogP contribution in [0.15, 0.2) is 36.4 Å². The van der Waals surface area contributed by atoms with Gasteiger partial charge in [0.05, 0.1) is 22.9 Å². The zero-order valence-electron chi connectivity index (χ0n) is 9.73. The molecule has 0 amide bonds. The first-order valence-corrected chi connectivity index (χ1v) is 6.20. The molecule has 6 heteroatoms. The maximum absolute atomic E-state index is 10.8. The first kappa shape index (κ1) is 13.6. The number of nitrogens with zero attached hydrogens (tertiary/aromatic N) is 1. The van der Waals surface area contributed by atoms with E-state index in [1.165, 1.54) is 6.07 Å². The lowest BCUT2D eigenvalue weighted by molar-refractivity contribution is 0.0690. The van der Waals surface area contributed by atoms with E-state index in [9.17, 15) is 4.79 Å². The molecule has 0 atom stereocenters. The molecule has 98 valence electrons. The summed E-state index contributed by atoms with van der Waals surface area (Å²) in [7, 11) is 0. The first-order chi connectivity index (χ1) is 9.06. The predicted octanol–water partition coefficient (Wildman–Crippen LogP) is 3.70. The summed E-state index contributed by atoms with van der Waals surface area (Å²) in [4.78, 5) is 14.8. The lowest BCUT2D eigenvalue weighted by Gasteiger charge is -2.08. The van der Waals surface area contributed by atoms with Crippen LogP contribution >= 0.6 is 23.2 Å². The molecule has 0 unspecified atom stereocenters. The Bertz CT molecular complexity index is 617. The highest BCUT2D eigenvalue weighted by Gasteiger charge is 2.06. The number of hydrogen-bond acceptors (Lipinski definition) is 3. The zero-order valence-corrected chi connectivity index (χ0v) is 11.2. The summed E-state index contributed by atoms with van der Waals surface area (Å²) in [5, 5.41) is 13.0. The van der Waals surface area contributed by atoms with Gasteiger partial charge in [-0.05, 0) is 30.3 Å². The Kier molecular flexibility index (Phi) is 4.24. The van der Waals surface area contributed by atoms with Crippen LogP contribution in [0.4, 0.5) is 5.69 Å². The Morgan fingerprint density at radius 1 is 1.26 bits per heavy atom. The van der Waals surface area contributed by atoms with Gasteiger partial charge >= 0.3 is 5.97 Å². The van der Waals surface area contributed by atoms with E-state index in [0.717, 1.165) is 0 Å². The molecule has 0 saturated carbocycles. The number of pyridine rings is 1. The summed E-state index contributed by atoms with van der Waals surface area (Å²) in [5.41, 5.74) is 1.35. The van der Waals surface area contributed by atoms with Gasteiger partial charge in [0.1, 0.15) is 5.69 Å². The van der Waals surface area contributed by atoms with Crippen molar-refractivity contribution in [3.63, 3.8) is 0 Å². The van der Waals surface area contributed by atoms with E-state index in [-0.39, 0.29) is 5.69 Å². The number of benzene rings is 1. The monoisotopic (exact) mass is 296 g/mol. The number of rotatable bonds is 4. The second-order valence-electron chi connectivity index (χ2n) is 3.80. The lowest BCUT2D eigenvalue weighted by atomic mass is 10.2. The van der Waals surface area contributed by atoms with Gasteiger partial charge < -0.3 is 10.4 Å². The van der Waals surface area contributed by atoms with E-state index in [1.807, 2.05) is 0 Å². The van der Waals surface area contributed by atoms with Crippen molar-refractivity contribution >= 4 is 34.9 Å². The largest absolute Gasteiger partial charge is 0.477 e. The standard InChI is InChI=1S/C13H10Cl2N2O2/c14-8-4-5-11(10(15)6-8)16-7-9-2-1-3-12(17-9)13(18)19/h1-6,16H,7H2,(H,18,19). The van der Waals surface area contributed by atoms with E-state index in [0.29, 0.717) is 28.0 Å². The number of nitrogens with one attached hydrogen (secondary N) is 1. The number of carbonyl (C=O) groups is 1. The molecule has 4 nitrogen and oxygen atoms in total. The normalized spacial score (nSPS) is 10.2. The van der Waals surface area contributed by atoms with Crippen molar-refractivity contribution in [1.82, 2.24) is 4.98 Å². The van der Waals surface area contributed by atoms with Crippen LogP contribution in [0.1, 0.15) is 16.2 Å². The second-order valence-corrected chi connectivity index (χ2v) is 4.64. The van der Waals surface area contributed by atoms with Gasteiger partial charge in [0.25, 0.3) is 0 Å². The number of halogens is 2. The molecule has 1 aromatic heterocycles. The van der Waals surface area contributed by atoms with Gasteiger partial charge in [-0.2, -0.15) is 0 Å². The van der Waals surface area contributed by atoms with Crippen LogP contribution in [0.25, 0.3) is 0 Å². The van der Waals surface area contributed by atoms with Gasteiger partial charge in [-0.3, -0.25) is 0 Å². The molecule has 0 aliphatic heterocycles. The maximum atomic E-state index is 10.8. The molecule has 19 heavy (non-hydrogen) atoms. The Morgan fingerprint density at radius 2 is 2.05 bits per heavy atom. The number of aromatic nitrogens is 1. The maximum Gasteiger partial charge on any atom is 0.354 e. The third kappa shape index (κ3) is 3.59. The number of carboxylic acid groups (broad SMARTS) is 1. The van der Waals surface area contributed by atoms with Crippen LogP contribution in [-0.4, -0.2) is 16.1 Å². The number of aromatic carboxylic acids is 1. The van der Waals surface area contributed by atoms with E-state index in [2.05, 4.69) is 10.3 Å². The molecule has 0 radical (unpaired) electrons. The molecule has 0 fully saturated rings. The summed E-state index contributed by atoms with van der Waals surface area (Å²) >= 11 is 11.8. The molecule has 0 saturated heterocycles. The molecule has 0 spiro atoms. The van der Waals surface area contributed by atoms with Gasteiger partial charge in [0.2, 0.25) is 0 Å². The van der Waals surface area contributed by atoms with Crippen LogP contribution in [0, 0.1) is 0 Å². The smallest absolute Gasteiger partial charge is 0.354 e. The molecule has 2 rings (SSSR count). The molecule has 0 aliphatic carbocycles. The third-order valence-corrected chi connectivity index (χ3v) is 2.96. The number of carboxylic acids is 1. The molecule has 2 N–H and O–H groups in total. The Labute approximate surface area is 120 Å². The van der Waals surface area contributed by atoms with E-state index < -0.39 is 5.97 Å².